The van der Waals surface area contributed by atoms with Gasteiger partial charge in [-0.05, 0) is 50.0 Å². The molecule has 0 bridgehead atoms. The van der Waals surface area contributed by atoms with Gasteiger partial charge in [0.15, 0.2) is 0 Å². The average molecular weight is 239 g/mol. The second-order valence-corrected chi connectivity index (χ2v) is 5.95. The highest BCUT2D eigenvalue weighted by Crippen LogP contribution is 2.35. The van der Waals surface area contributed by atoms with E-state index in [0.29, 0.717) is 12.2 Å². The molecule has 0 aromatic carbocycles. The monoisotopic (exact) mass is 239 g/mol. The van der Waals surface area contributed by atoms with Gasteiger partial charge in [0, 0.05) is 6.42 Å². The zero-order chi connectivity index (χ0) is 12.8. The van der Waals surface area contributed by atoms with Crippen molar-refractivity contribution in [1.29, 1.82) is 0 Å². The molecule has 1 fully saturated rings. The number of carbonyl (C=O) groups excluding carboxylic acids is 1. The first-order valence-corrected chi connectivity index (χ1v) is 7.32. The van der Waals surface area contributed by atoms with Gasteiger partial charge < -0.3 is 5.32 Å². The fourth-order valence-electron chi connectivity index (χ4n) is 3.46. The molecular formula is C15H29NO. The third-order valence-electron chi connectivity index (χ3n) is 4.03. The van der Waals surface area contributed by atoms with E-state index in [-0.39, 0.29) is 6.04 Å². The summed E-state index contributed by atoms with van der Waals surface area (Å²) in [5.41, 5.74) is 0. The van der Waals surface area contributed by atoms with Crippen LogP contribution in [0.1, 0.15) is 59.8 Å². The fourth-order valence-corrected chi connectivity index (χ4v) is 3.46. The van der Waals surface area contributed by atoms with Gasteiger partial charge in [0.25, 0.3) is 0 Å². The molecule has 0 aliphatic heterocycles. The maximum atomic E-state index is 11.9. The van der Waals surface area contributed by atoms with E-state index in [1.54, 1.807) is 0 Å². The molecule has 1 saturated carbocycles. The molecule has 3 unspecified atom stereocenters. The first kappa shape index (κ1) is 14.7. The standard InChI is InChI=1S/C15H29NO/c1-5-15(17)14(16-6-2)10-13-8-11(3)7-12(4)9-13/h11-14,16H,5-10H2,1-4H3. The highest BCUT2D eigenvalue weighted by atomic mass is 16.1. The summed E-state index contributed by atoms with van der Waals surface area (Å²) in [6, 6.07) is 0.104. The second kappa shape index (κ2) is 7.15. The Morgan fingerprint density at radius 1 is 1.18 bits per heavy atom. The van der Waals surface area contributed by atoms with E-state index < -0.39 is 0 Å². The van der Waals surface area contributed by atoms with Crippen LogP contribution in [0.3, 0.4) is 0 Å². The number of hydrogen-bond donors (Lipinski definition) is 1. The van der Waals surface area contributed by atoms with Gasteiger partial charge in [-0.15, -0.1) is 0 Å². The Morgan fingerprint density at radius 3 is 2.24 bits per heavy atom. The average Bonchev–Trinajstić information content (AvgIpc) is 2.26. The lowest BCUT2D eigenvalue weighted by Gasteiger charge is -2.33. The quantitative estimate of drug-likeness (QED) is 0.769. The molecule has 1 N–H and O–H groups in total. The summed E-state index contributed by atoms with van der Waals surface area (Å²) in [4.78, 5) is 11.9. The lowest BCUT2D eigenvalue weighted by atomic mass is 9.74. The molecule has 0 spiro atoms. The molecule has 2 heteroatoms. The van der Waals surface area contributed by atoms with E-state index in [0.717, 1.165) is 30.7 Å². The van der Waals surface area contributed by atoms with Crippen LogP contribution in [0.25, 0.3) is 0 Å². The van der Waals surface area contributed by atoms with Gasteiger partial charge in [0.2, 0.25) is 0 Å². The Labute approximate surface area is 107 Å². The molecule has 0 aromatic rings. The van der Waals surface area contributed by atoms with Crippen LogP contribution >= 0.6 is 0 Å². The lowest BCUT2D eigenvalue weighted by molar-refractivity contribution is -0.121. The number of Topliss-reactive ketones (excluding diaryl/α,β-unsaturated/α-hetero) is 1. The molecule has 0 amide bonds. The molecule has 100 valence electrons. The van der Waals surface area contributed by atoms with Crippen molar-refractivity contribution in [3.05, 3.63) is 0 Å². The number of hydrogen-bond acceptors (Lipinski definition) is 2. The summed E-state index contributed by atoms with van der Waals surface area (Å²) in [6.07, 6.45) is 5.70. The van der Waals surface area contributed by atoms with Crippen molar-refractivity contribution in [3.8, 4) is 0 Å². The smallest absolute Gasteiger partial charge is 0.149 e. The number of rotatable bonds is 6. The largest absolute Gasteiger partial charge is 0.308 e. The predicted octanol–water partition coefficient (Wildman–Crippen LogP) is 3.41. The van der Waals surface area contributed by atoms with Crippen LogP contribution in [0.4, 0.5) is 0 Å². The zero-order valence-electron chi connectivity index (χ0n) is 12.0. The minimum atomic E-state index is 0.104. The van der Waals surface area contributed by atoms with Gasteiger partial charge >= 0.3 is 0 Å². The number of carbonyl (C=O) groups is 1. The Hall–Kier alpha value is -0.370. The third kappa shape index (κ3) is 4.79. The lowest BCUT2D eigenvalue weighted by Crippen LogP contribution is -2.39. The van der Waals surface area contributed by atoms with E-state index in [2.05, 4.69) is 26.1 Å². The summed E-state index contributed by atoms with van der Waals surface area (Å²) in [6.45, 7) is 9.66. The first-order valence-electron chi connectivity index (χ1n) is 7.32. The number of ketones is 1. The van der Waals surface area contributed by atoms with E-state index in [9.17, 15) is 4.79 Å². The normalized spacial score (nSPS) is 31.2. The summed E-state index contributed by atoms with van der Waals surface area (Å²) < 4.78 is 0. The maximum absolute atomic E-state index is 11.9. The van der Waals surface area contributed by atoms with Crippen LogP contribution in [0.2, 0.25) is 0 Å². The molecule has 0 radical (unpaired) electrons. The number of nitrogens with one attached hydrogen (secondary N) is 1. The molecule has 0 saturated heterocycles. The van der Waals surface area contributed by atoms with Gasteiger partial charge in [0.05, 0.1) is 6.04 Å². The summed E-state index contributed by atoms with van der Waals surface area (Å²) in [7, 11) is 0. The van der Waals surface area contributed by atoms with Crippen LogP contribution in [0, 0.1) is 17.8 Å². The topological polar surface area (TPSA) is 29.1 Å². The van der Waals surface area contributed by atoms with Crippen molar-refractivity contribution in [2.45, 2.75) is 65.8 Å². The van der Waals surface area contributed by atoms with Crippen molar-refractivity contribution in [1.82, 2.24) is 5.32 Å². The predicted molar refractivity (Wildman–Crippen MR) is 73.0 cm³/mol. The molecular weight excluding hydrogens is 210 g/mol. The van der Waals surface area contributed by atoms with Crippen LogP contribution in [-0.4, -0.2) is 18.4 Å². The minimum absolute atomic E-state index is 0.104. The SMILES string of the molecule is CCNC(CC1CC(C)CC(C)C1)C(=O)CC. The zero-order valence-corrected chi connectivity index (χ0v) is 12.0. The Bertz CT molecular complexity index is 229. The van der Waals surface area contributed by atoms with Crippen LogP contribution < -0.4 is 5.32 Å². The first-order chi connectivity index (χ1) is 8.06. The number of likely N-dealkylation sites (N-methyl/N-ethyl adjacent to an activating group) is 1. The minimum Gasteiger partial charge on any atom is -0.308 e. The van der Waals surface area contributed by atoms with Gasteiger partial charge in [-0.1, -0.05) is 27.7 Å². The molecule has 1 aliphatic carbocycles. The fraction of sp³-hybridized carbons (Fsp3) is 0.933. The molecule has 17 heavy (non-hydrogen) atoms. The van der Waals surface area contributed by atoms with E-state index in [4.69, 9.17) is 0 Å². The summed E-state index contributed by atoms with van der Waals surface area (Å²) >= 11 is 0. The van der Waals surface area contributed by atoms with Crippen LogP contribution in [-0.2, 0) is 4.79 Å². The Morgan fingerprint density at radius 2 is 1.76 bits per heavy atom. The summed E-state index contributed by atoms with van der Waals surface area (Å²) in [5, 5.41) is 3.36. The van der Waals surface area contributed by atoms with Gasteiger partial charge in [-0.25, -0.2) is 0 Å². The highest BCUT2D eigenvalue weighted by Gasteiger charge is 2.27. The Balaban J connectivity index is 2.50. The van der Waals surface area contributed by atoms with Crippen molar-refractivity contribution < 1.29 is 4.79 Å². The van der Waals surface area contributed by atoms with Crippen molar-refractivity contribution in [2.24, 2.45) is 17.8 Å². The Kier molecular flexibility index (Phi) is 6.18. The van der Waals surface area contributed by atoms with Crippen LogP contribution in [0.15, 0.2) is 0 Å². The maximum Gasteiger partial charge on any atom is 0.149 e. The molecule has 2 nitrogen and oxygen atoms in total. The van der Waals surface area contributed by atoms with Gasteiger partial charge in [-0.3, -0.25) is 4.79 Å². The van der Waals surface area contributed by atoms with Crippen LogP contribution in [0.5, 0.6) is 0 Å². The van der Waals surface area contributed by atoms with Crippen molar-refractivity contribution >= 4 is 5.78 Å². The van der Waals surface area contributed by atoms with Crippen molar-refractivity contribution in [2.75, 3.05) is 6.54 Å². The highest BCUT2D eigenvalue weighted by molar-refractivity contribution is 5.83. The van der Waals surface area contributed by atoms with E-state index in [1.807, 2.05) is 6.92 Å². The molecule has 1 aliphatic rings. The summed E-state index contributed by atoms with van der Waals surface area (Å²) in [5.74, 6) is 2.80. The van der Waals surface area contributed by atoms with E-state index >= 15 is 0 Å². The molecule has 1 rings (SSSR count). The van der Waals surface area contributed by atoms with Gasteiger partial charge in [-0.2, -0.15) is 0 Å². The van der Waals surface area contributed by atoms with E-state index in [1.165, 1.54) is 19.3 Å². The van der Waals surface area contributed by atoms with Gasteiger partial charge in [0.1, 0.15) is 5.78 Å². The molecule has 0 heterocycles. The third-order valence-corrected chi connectivity index (χ3v) is 4.03. The molecule has 0 aromatic heterocycles. The second-order valence-electron chi connectivity index (χ2n) is 5.95. The molecule has 3 atom stereocenters. The van der Waals surface area contributed by atoms with Crippen molar-refractivity contribution in [3.63, 3.8) is 0 Å².